The van der Waals surface area contributed by atoms with Crippen molar-refractivity contribution in [3.05, 3.63) is 36.5 Å². The third-order valence-electron chi connectivity index (χ3n) is 4.63. The van der Waals surface area contributed by atoms with Crippen LogP contribution in [0.5, 0.6) is 0 Å². The van der Waals surface area contributed by atoms with Gasteiger partial charge in [-0.15, -0.1) is 0 Å². The molecular formula is C23H38O5. The number of hydrogen-bond donors (Lipinski definition) is 2. The number of ether oxygens (including phenoxy) is 2. The molecule has 1 aliphatic heterocycles. The third-order valence-corrected chi connectivity index (χ3v) is 4.63. The first-order chi connectivity index (χ1) is 13.7. The normalized spacial score (nSPS) is 19.4. The van der Waals surface area contributed by atoms with Crippen molar-refractivity contribution in [2.75, 3.05) is 13.2 Å². The van der Waals surface area contributed by atoms with Crippen molar-refractivity contribution in [1.82, 2.24) is 0 Å². The smallest absolute Gasteiger partial charge is 0.306 e. The third kappa shape index (κ3) is 12.9. The second-order valence-corrected chi connectivity index (χ2v) is 7.20. The number of unbranched alkanes of at least 4 members (excludes halogenated alkanes) is 4. The molecule has 0 aromatic carbocycles. The van der Waals surface area contributed by atoms with E-state index in [9.17, 15) is 4.79 Å². The van der Waals surface area contributed by atoms with Gasteiger partial charge in [-0.3, -0.25) is 4.79 Å². The average Bonchev–Trinajstić information content (AvgIpc) is 3.45. The molecule has 5 nitrogen and oxygen atoms in total. The fourth-order valence-corrected chi connectivity index (χ4v) is 2.81. The predicted octanol–water partition coefficient (Wildman–Crippen LogP) is 4.24. The van der Waals surface area contributed by atoms with E-state index in [0.29, 0.717) is 25.0 Å². The second kappa shape index (κ2) is 16.5. The number of aliphatic hydroxyl groups is 2. The molecule has 0 saturated carbocycles. The molecule has 2 N–H and O–H groups in total. The van der Waals surface area contributed by atoms with Gasteiger partial charge in [0.25, 0.3) is 0 Å². The molecule has 0 radical (unpaired) electrons. The highest BCUT2D eigenvalue weighted by molar-refractivity contribution is 5.69. The molecule has 1 rings (SSSR count). The summed E-state index contributed by atoms with van der Waals surface area (Å²) in [6.45, 7) is 1.53. The lowest BCUT2D eigenvalue weighted by Crippen LogP contribution is -2.25. The van der Waals surface area contributed by atoms with E-state index in [1.165, 1.54) is 25.7 Å². The minimum absolute atomic E-state index is 0.296. The Bertz CT molecular complexity index is 479. The van der Waals surface area contributed by atoms with E-state index in [1.54, 1.807) is 0 Å². The number of carbonyl (C=O) groups excluding carboxylic acids is 1. The predicted molar refractivity (Wildman–Crippen MR) is 112 cm³/mol. The van der Waals surface area contributed by atoms with E-state index < -0.39 is 6.10 Å². The number of hydrogen-bond acceptors (Lipinski definition) is 5. The lowest BCUT2D eigenvalue weighted by atomic mass is 10.1. The summed E-state index contributed by atoms with van der Waals surface area (Å²) in [5.74, 6) is -0.379. The molecule has 1 fully saturated rings. The lowest BCUT2D eigenvalue weighted by Gasteiger charge is -2.11. The van der Waals surface area contributed by atoms with Crippen LogP contribution >= 0.6 is 0 Å². The first kappa shape index (κ1) is 24.6. The van der Waals surface area contributed by atoms with Crippen LogP contribution in [0.2, 0.25) is 0 Å². The van der Waals surface area contributed by atoms with Crippen molar-refractivity contribution in [2.24, 2.45) is 0 Å². The Balaban J connectivity index is 1.95. The number of aliphatic hydroxyl groups excluding tert-OH is 2. The minimum atomic E-state index is -0.801. The van der Waals surface area contributed by atoms with Gasteiger partial charge in [-0.05, 0) is 44.9 Å². The van der Waals surface area contributed by atoms with E-state index in [2.05, 4.69) is 43.4 Å². The van der Waals surface area contributed by atoms with Crippen LogP contribution in [0, 0.1) is 0 Å². The fourth-order valence-electron chi connectivity index (χ4n) is 2.81. The van der Waals surface area contributed by atoms with Crippen molar-refractivity contribution < 1.29 is 24.5 Å². The van der Waals surface area contributed by atoms with Gasteiger partial charge in [-0.1, -0.05) is 56.2 Å². The Morgan fingerprint density at radius 2 is 1.54 bits per heavy atom. The van der Waals surface area contributed by atoms with Gasteiger partial charge in [0.15, 0.2) is 0 Å². The van der Waals surface area contributed by atoms with Crippen LogP contribution in [-0.2, 0) is 14.3 Å². The maximum atomic E-state index is 11.5. The topological polar surface area (TPSA) is 79.3 Å². The Kier molecular flexibility index (Phi) is 14.5. The highest BCUT2D eigenvalue weighted by Gasteiger charge is 2.35. The molecule has 0 amide bonds. The maximum Gasteiger partial charge on any atom is 0.306 e. The van der Waals surface area contributed by atoms with Crippen LogP contribution in [0.1, 0.15) is 71.1 Å². The summed E-state index contributed by atoms with van der Waals surface area (Å²) in [5.41, 5.74) is 0. The second-order valence-electron chi connectivity index (χ2n) is 7.20. The summed E-state index contributed by atoms with van der Waals surface area (Å²) in [7, 11) is 0. The SMILES string of the molecule is CCCCC/C=C\CC1OC1C/C=C\C/C=C\CCCC(=O)OC(CO)CO. The van der Waals surface area contributed by atoms with Crippen molar-refractivity contribution in [3.8, 4) is 0 Å². The number of rotatable bonds is 17. The maximum absolute atomic E-state index is 11.5. The van der Waals surface area contributed by atoms with Gasteiger partial charge in [0.05, 0.1) is 25.4 Å². The van der Waals surface area contributed by atoms with Crippen molar-refractivity contribution in [1.29, 1.82) is 0 Å². The van der Waals surface area contributed by atoms with Gasteiger partial charge in [0.1, 0.15) is 6.10 Å². The highest BCUT2D eigenvalue weighted by Crippen LogP contribution is 2.29. The van der Waals surface area contributed by atoms with E-state index in [-0.39, 0.29) is 19.2 Å². The first-order valence-corrected chi connectivity index (χ1v) is 10.7. The standard InChI is InChI=1S/C23H38O5/c1-2-3-4-5-9-12-15-21-22(28-21)16-13-10-7-6-8-11-14-17-23(26)27-20(18-24)19-25/h6,8-10,12-13,20-22,24-25H,2-5,7,11,14-19H2,1H3/b8-6-,12-9-,13-10-. The van der Waals surface area contributed by atoms with Gasteiger partial charge in [-0.25, -0.2) is 0 Å². The quantitative estimate of drug-likeness (QED) is 0.167. The Labute approximate surface area is 170 Å². The van der Waals surface area contributed by atoms with Gasteiger partial charge in [0.2, 0.25) is 0 Å². The largest absolute Gasteiger partial charge is 0.457 e. The Hall–Kier alpha value is -1.43. The van der Waals surface area contributed by atoms with Crippen molar-refractivity contribution >= 4 is 5.97 Å². The highest BCUT2D eigenvalue weighted by atomic mass is 16.6. The van der Waals surface area contributed by atoms with Gasteiger partial charge >= 0.3 is 5.97 Å². The number of epoxide rings is 1. The minimum Gasteiger partial charge on any atom is -0.457 e. The molecule has 28 heavy (non-hydrogen) atoms. The molecule has 160 valence electrons. The Morgan fingerprint density at radius 3 is 2.21 bits per heavy atom. The van der Waals surface area contributed by atoms with Crippen LogP contribution in [-0.4, -0.2) is 47.7 Å². The summed E-state index contributed by atoms with van der Waals surface area (Å²) in [5, 5.41) is 17.7. The lowest BCUT2D eigenvalue weighted by molar-refractivity contribution is -0.153. The molecule has 1 saturated heterocycles. The van der Waals surface area contributed by atoms with Crippen LogP contribution < -0.4 is 0 Å². The monoisotopic (exact) mass is 394 g/mol. The molecular weight excluding hydrogens is 356 g/mol. The Morgan fingerprint density at radius 1 is 0.929 bits per heavy atom. The number of allylic oxidation sites excluding steroid dienone is 4. The fraction of sp³-hybridized carbons (Fsp3) is 0.696. The van der Waals surface area contributed by atoms with E-state index >= 15 is 0 Å². The van der Waals surface area contributed by atoms with Gasteiger partial charge < -0.3 is 19.7 Å². The molecule has 0 bridgehead atoms. The van der Waals surface area contributed by atoms with Crippen LogP contribution in [0.25, 0.3) is 0 Å². The van der Waals surface area contributed by atoms with E-state index in [1.807, 2.05) is 0 Å². The van der Waals surface area contributed by atoms with Crippen molar-refractivity contribution in [3.63, 3.8) is 0 Å². The summed E-state index contributed by atoms with van der Waals surface area (Å²) in [4.78, 5) is 11.5. The molecule has 2 unspecified atom stereocenters. The number of carbonyl (C=O) groups is 1. The van der Waals surface area contributed by atoms with Crippen LogP contribution in [0.4, 0.5) is 0 Å². The zero-order valence-corrected chi connectivity index (χ0v) is 17.3. The molecule has 2 atom stereocenters. The molecule has 1 aliphatic rings. The molecule has 0 aromatic heterocycles. The first-order valence-electron chi connectivity index (χ1n) is 10.7. The number of esters is 1. The van der Waals surface area contributed by atoms with Crippen LogP contribution in [0.3, 0.4) is 0 Å². The zero-order chi connectivity index (χ0) is 20.5. The van der Waals surface area contributed by atoms with Crippen molar-refractivity contribution in [2.45, 2.75) is 89.4 Å². The summed E-state index contributed by atoms with van der Waals surface area (Å²) in [6, 6.07) is 0. The molecule has 1 heterocycles. The molecule has 0 spiro atoms. The van der Waals surface area contributed by atoms with Crippen LogP contribution in [0.15, 0.2) is 36.5 Å². The molecule has 5 heteroatoms. The molecule has 0 aromatic rings. The van der Waals surface area contributed by atoms with Gasteiger partial charge in [-0.2, -0.15) is 0 Å². The zero-order valence-electron chi connectivity index (χ0n) is 17.3. The molecule has 0 aliphatic carbocycles. The van der Waals surface area contributed by atoms with Gasteiger partial charge in [0, 0.05) is 6.42 Å². The van der Waals surface area contributed by atoms with E-state index in [0.717, 1.165) is 25.7 Å². The average molecular weight is 395 g/mol. The van der Waals surface area contributed by atoms with E-state index in [4.69, 9.17) is 19.7 Å². The summed E-state index contributed by atoms with van der Waals surface area (Å²) >= 11 is 0. The summed E-state index contributed by atoms with van der Waals surface area (Å²) < 4.78 is 10.6. The summed E-state index contributed by atoms with van der Waals surface area (Å²) in [6.07, 6.45) is 22.8.